The highest BCUT2D eigenvalue weighted by atomic mass is 79.9. The van der Waals surface area contributed by atoms with Crippen LogP contribution in [0.25, 0.3) is 11.4 Å². The molecule has 5 nitrogen and oxygen atoms in total. The van der Waals surface area contributed by atoms with Crippen molar-refractivity contribution in [1.82, 2.24) is 10.1 Å². The van der Waals surface area contributed by atoms with Crippen molar-refractivity contribution in [2.24, 2.45) is 5.92 Å². The average molecular weight is 427 g/mol. The van der Waals surface area contributed by atoms with Gasteiger partial charge in [0.1, 0.15) is 5.25 Å². The van der Waals surface area contributed by atoms with Crippen LogP contribution in [0, 0.1) is 5.92 Å². The first-order chi connectivity index (χ1) is 11.9. The van der Waals surface area contributed by atoms with Crippen LogP contribution >= 0.6 is 15.9 Å². The van der Waals surface area contributed by atoms with Crippen LogP contribution in [0.5, 0.6) is 0 Å². The van der Waals surface area contributed by atoms with Gasteiger partial charge in [0, 0.05) is 10.0 Å². The lowest BCUT2D eigenvalue weighted by Gasteiger charge is -2.27. The first kappa shape index (κ1) is 18.6. The maximum atomic E-state index is 13.2. The monoisotopic (exact) mass is 426 g/mol. The fourth-order valence-corrected chi connectivity index (χ4v) is 6.44. The summed E-state index contributed by atoms with van der Waals surface area (Å²) in [5, 5.41) is 2.98. The van der Waals surface area contributed by atoms with E-state index < -0.39 is 15.1 Å². The van der Waals surface area contributed by atoms with Gasteiger partial charge in [-0.25, -0.2) is 8.42 Å². The van der Waals surface area contributed by atoms with Crippen LogP contribution in [0.3, 0.4) is 0 Å². The number of rotatable bonds is 5. The summed E-state index contributed by atoms with van der Waals surface area (Å²) >= 11 is 3.42. The van der Waals surface area contributed by atoms with Gasteiger partial charge in [0.25, 0.3) is 0 Å². The molecule has 0 radical (unpaired) electrons. The average Bonchev–Trinajstić information content (AvgIpc) is 3.04. The normalized spacial score (nSPS) is 17.8. The van der Waals surface area contributed by atoms with Crippen molar-refractivity contribution in [2.75, 3.05) is 0 Å². The van der Waals surface area contributed by atoms with Gasteiger partial charge in [0.2, 0.25) is 11.7 Å². The molecule has 1 saturated carbocycles. The topological polar surface area (TPSA) is 73.1 Å². The van der Waals surface area contributed by atoms with Crippen molar-refractivity contribution in [3.8, 4) is 11.4 Å². The summed E-state index contributed by atoms with van der Waals surface area (Å²) in [5.41, 5.74) is 0.793. The third-order valence-corrected chi connectivity index (χ3v) is 8.09. The lowest BCUT2D eigenvalue weighted by molar-refractivity contribution is 0.350. The maximum Gasteiger partial charge on any atom is 0.245 e. The predicted octanol–water partition coefficient (Wildman–Crippen LogP) is 4.94. The fraction of sp³-hybridized carbons (Fsp3) is 0.556. The van der Waals surface area contributed by atoms with Gasteiger partial charge in [-0.2, -0.15) is 4.98 Å². The minimum atomic E-state index is -3.36. The molecule has 136 valence electrons. The summed E-state index contributed by atoms with van der Waals surface area (Å²) in [5.74, 6) is 0.499. The van der Waals surface area contributed by atoms with E-state index in [-0.39, 0.29) is 17.1 Å². The van der Waals surface area contributed by atoms with Gasteiger partial charge in [-0.15, -0.1) is 0 Å². The minimum Gasteiger partial charge on any atom is -0.338 e. The van der Waals surface area contributed by atoms with E-state index >= 15 is 0 Å². The zero-order chi connectivity index (χ0) is 18.0. The second-order valence-corrected chi connectivity index (χ2v) is 10.2. The van der Waals surface area contributed by atoms with Crippen molar-refractivity contribution < 1.29 is 12.9 Å². The van der Waals surface area contributed by atoms with E-state index in [9.17, 15) is 8.42 Å². The van der Waals surface area contributed by atoms with Crippen molar-refractivity contribution in [3.63, 3.8) is 0 Å². The number of aromatic nitrogens is 2. The molecule has 0 saturated heterocycles. The van der Waals surface area contributed by atoms with E-state index in [1.807, 2.05) is 38.1 Å². The Morgan fingerprint density at radius 2 is 1.92 bits per heavy atom. The molecule has 0 aliphatic heterocycles. The summed E-state index contributed by atoms with van der Waals surface area (Å²) in [4.78, 5) is 4.43. The zero-order valence-electron chi connectivity index (χ0n) is 14.5. The molecule has 2 aromatic rings. The third kappa shape index (κ3) is 3.97. The standard InChI is InChI=1S/C18H23BrN2O3S/c1-12(2)16(25(22,23)15-9-4-3-5-10-15)18-20-17(21-24-18)13-7-6-8-14(19)11-13/h6-8,11-12,15-16H,3-5,9-10H2,1-2H3/t16-/m1/s1. The summed E-state index contributed by atoms with van der Waals surface area (Å²) < 4.78 is 32.7. The second kappa shape index (κ2) is 7.58. The van der Waals surface area contributed by atoms with Gasteiger partial charge in [-0.05, 0) is 30.9 Å². The van der Waals surface area contributed by atoms with Crippen LogP contribution in [0.4, 0.5) is 0 Å². The number of nitrogens with zero attached hydrogens (tertiary/aromatic N) is 2. The Bertz CT molecular complexity index is 826. The predicted molar refractivity (Wildman–Crippen MR) is 101 cm³/mol. The van der Waals surface area contributed by atoms with Crippen LogP contribution in [0.1, 0.15) is 57.1 Å². The molecule has 0 bridgehead atoms. The van der Waals surface area contributed by atoms with E-state index in [1.54, 1.807) is 0 Å². The fourth-order valence-electron chi connectivity index (χ4n) is 3.50. The molecule has 1 aromatic carbocycles. The Morgan fingerprint density at radius 1 is 1.20 bits per heavy atom. The molecule has 0 spiro atoms. The van der Waals surface area contributed by atoms with E-state index in [2.05, 4.69) is 26.1 Å². The van der Waals surface area contributed by atoms with Crippen LogP contribution in [-0.4, -0.2) is 23.8 Å². The number of benzene rings is 1. The van der Waals surface area contributed by atoms with Crippen molar-refractivity contribution in [2.45, 2.75) is 56.5 Å². The molecular formula is C18H23BrN2O3S. The van der Waals surface area contributed by atoms with Gasteiger partial charge >= 0.3 is 0 Å². The van der Waals surface area contributed by atoms with Gasteiger partial charge in [0.05, 0.1) is 5.25 Å². The third-order valence-electron chi connectivity index (χ3n) is 4.74. The molecule has 1 fully saturated rings. The Kier molecular flexibility index (Phi) is 5.63. The Hall–Kier alpha value is -1.21. The number of hydrogen-bond acceptors (Lipinski definition) is 5. The van der Waals surface area contributed by atoms with E-state index in [4.69, 9.17) is 4.52 Å². The van der Waals surface area contributed by atoms with Gasteiger partial charge in [-0.1, -0.05) is 66.3 Å². The van der Waals surface area contributed by atoms with Gasteiger partial charge in [-0.3, -0.25) is 0 Å². The SMILES string of the molecule is CC(C)[C@H](c1nc(-c2cccc(Br)c2)no1)S(=O)(=O)C1CCCCC1. The van der Waals surface area contributed by atoms with E-state index in [1.165, 1.54) is 0 Å². The zero-order valence-corrected chi connectivity index (χ0v) is 16.9. The molecule has 7 heteroatoms. The molecule has 25 heavy (non-hydrogen) atoms. The van der Waals surface area contributed by atoms with Crippen molar-refractivity contribution in [1.29, 1.82) is 0 Å². The molecular weight excluding hydrogens is 404 g/mol. The Morgan fingerprint density at radius 3 is 2.56 bits per heavy atom. The first-order valence-electron chi connectivity index (χ1n) is 8.72. The molecule has 1 aliphatic rings. The lowest BCUT2D eigenvalue weighted by Crippen LogP contribution is -2.31. The minimum absolute atomic E-state index is 0.122. The smallest absolute Gasteiger partial charge is 0.245 e. The second-order valence-electron chi connectivity index (χ2n) is 6.98. The maximum absolute atomic E-state index is 13.2. The summed E-state index contributed by atoms with van der Waals surface area (Å²) in [6.07, 6.45) is 4.53. The highest BCUT2D eigenvalue weighted by Gasteiger charge is 2.41. The van der Waals surface area contributed by atoms with Crippen LogP contribution in [-0.2, 0) is 9.84 Å². The van der Waals surface area contributed by atoms with Crippen molar-refractivity contribution in [3.05, 3.63) is 34.6 Å². The summed E-state index contributed by atoms with van der Waals surface area (Å²) in [6.45, 7) is 3.79. The molecule has 1 aromatic heterocycles. The summed E-state index contributed by atoms with van der Waals surface area (Å²) in [7, 11) is -3.36. The Labute approximate surface area is 157 Å². The van der Waals surface area contributed by atoms with E-state index in [0.29, 0.717) is 5.82 Å². The molecule has 1 heterocycles. The number of halogens is 1. The molecule has 0 N–H and O–H groups in total. The quantitative estimate of drug-likeness (QED) is 0.676. The number of hydrogen-bond donors (Lipinski definition) is 0. The molecule has 0 amide bonds. The molecule has 3 rings (SSSR count). The first-order valence-corrected chi connectivity index (χ1v) is 11.1. The molecule has 0 unspecified atom stereocenters. The molecule has 1 atom stereocenters. The summed E-state index contributed by atoms with van der Waals surface area (Å²) in [6, 6.07) is 7.55. The molecule has 1 aliphatic carbocycles. The van der Waals surface area contributed by atoms with Crippen LogP contribution < -0.4 is 0 Å². The van der Waals surface area contributed by atoms with Crippen LogP contribution in [0.2, 0.25) is 0 Å². The Balaban J connectivity index is 1.94. The van der Waals surface area contributed by atoms with Gasteiger partial charge in [0.15, 0.2) is 9.84 Å². The highest BCUT2D eigenvalue weighted by Crippen LogP contribution is 2.37. The highest BCUT2D eigenvalue weighted by molar-refractivity contribution is 9.10. The number of sulfone groups is 1. The van der Waals surface area contributed by atoms with Crippen molar-refractivity contribution >= 4 is 25.8 Å². The van der Waals surface area contributed by atoms with Gasteiger partial charge < -0.3 is 4.52 Å². The lowest BCUT2D eigenvalue weighted by atomic mass is 10.0. The largest absolute Gasteiger partial charge is 0.338 e. The van der Waals surface area contributed by atoms with Crippen LogP contribution in [0.15, 0.2) is 33.3 Å². The van der Waals surface area contributed by atoms with E-state index in [0.717, 1.165) is 42.1 Å².